The Morgan fingerprint density at radius 1 is 1.41 bits per heavy atom. The van der Waals surface area contributed by atoms with E-state index in [0.29, 0.717) is 5.92 Å². The summed E-state index contributed by atoms with van der Waals surface area (Å²) in [5, 5.41) is 0. The van der Waals surface area contributed by atoms with Crippen LogP contribution in [0, 0.1) is 5.92 Å². The Morgan fingerprint density at radius 3 is 2.76 bits per heavy atom. The number of anilines is 1. The fraction of sp³-hybridized carbons (Fsp3) is 0.500. The molecule has 0 aromatic heterocycles. The van der Waals surface area contributed by atoms with Crippen molar-refractivity contribution >= 4 is 37.5 Å². The minimum Gasteiger partial charge on any atom is -0.495 e. The molecule has 5 heteroatoms. The van der Waals surface area contributed by atoms with Gasteiger partial charge in [-0.2, -0.15) is 0 Å². The standard InChI is InChI=1S/C12H16Br2N2O/c1-17-12-5-11(9(13)4-10(12)14)16-3-2-8(6-15)7-16/h4-5,8H,2-3,6-7,15H2,1H3. The quantitative estimate of drug-likeness (QED) is 0.897. The maximum atomic E-state index is 5.72. The molecule has 3 nitrogen and oxygen atoms in total. The van der Waals surface area contributed by atoms with E-state index >= 15 is 0 Å². The van der Waals surface area contributed by atoms with Crippen molar-refractivity contribution in [3.05, 3.63) is 21.1 Å². The summed E-state index contributed by atoms with van der Waals surface area (Å²) >= 11 is 7.09. The lowest BCUT2D eigenvalue weighted by atomic mass is 10.1. The van der Waals surface area contributed by atoms with E-state index in [9.17, 15) is 0 Å². The Balaban J connectivity index is 2.26. The van der Waals surface area contributed by atoms with Crippen molar-refractivity contribution in [1.82, 2.24) is 0 Å². The molecular weight excluding hydrogens is 348 g/mol. The van der Waals surface area contributed by atoms with Gasteiger partial charge in [0, 0.05) is 23.6 Å². The van der Waals surface area contributed by atoms with Crippen LogP contribution >= 0.6 is 31.9 Å². The highest BCUT2D eigenvalue weighted by Gasteiger charge is 2.23. The fourth-order valence-corrected chi connectivity index (χ4v) is 3.57. The van der Waals surface area contributed by atoms with E-state index in [2.05, 4.69) is 42.8 Å². The van der Waals surface area contributed by atoms with E-state index in [1.54, 1.807) is 7.11 Å². The molecule has 1 aliphatic heterocycles. The zero-order valence-electron chi connectivity index (χ0n) is 9.75. The van der Waals surface area contributed by atoms with Crippen LogP contribution in [0.3, 0.4) is 0 Å². The summed E-state index contributed by atoms with van der Waals surface area (Å²) in [6.45, 7) is 2.85. The minimum atomic E-state index is 0.608. The summed E-state index contributed by atoms with van der Waals surface area (Å²) in [4.78, 5) is 2.36. The monoisotopic (exact) mass is 362 g/mol. The lowest BCUT2D eigenvalue weighted by Crippen LogP contribution is -2.22. The molecule has 1 aliphatic rings. The van der Waals surface area contributed by atoms with Crippen LogP contribution in [0.1, 0.15) is 6.42 Å². The predicted molar refractivity (Wildman–Crippen MR) is 77.8 cm³/mol. The first kappa shape index (κ1) is 13.2. The van der Waals surface area contributed by atoms with Gasteiger partial charge in [0.05, 0.1) is 17.3 Å². The lowest BCUT2D eigenvalue weighted by Gasteiger charge is -2.21. The maximum Gasteiger partial charge on any atom is 0.135 e. The Bertz CT molecular complexity index is 412. The Kier molecular flexibility index (Phi) is 4.33. The molecule has 1 unspecified atom stereocenters. The first-order valence-electron chi connectivity index (χ1n) is 5.63. The van der Waals surface area contributed by atoms with E-state index in [-0.39, 0.29) is 0 Å². The van der Waals surface area contributed by atoms with E-state index in [1.165, 1.54) is 12.1 Å². The molecule has 0 bridgehead atoms. The Labute approximate surface area is 119 Å². The third-order valence-corrected chi connectivity index (χ3v) is 4.44. The molecule has 1 aromatic rings. The van der Waals surface area contributed by atoms with Crippen molar-refractivity contribution in [1.29, 1.82) is 0 Å². The number of nitrogens with two attached hydrogens (primary N) is 1. The van der Waals surface area contributed by atoms with Gasteiger partial charge in [0.15, 0.2) is 0 Å². The van der Waals surface area contributed by atoms with Crippen molar-refractivity contribution in [3.8, 4) is 5.75 Å². The summed E-state index contributed by atoms with van der Waals surface area (Å²) in [6.07, 6.45) is 1.17. The van der Waals surface area contributed by atoms with Crippen LogP contribution in [0.2, 0.25) is 0 Å². The fourth-order valence-electron chi connectivity index (χ4n) is 2.16. The molecule has 1 heterocycles. The van der Waals surface area contributed by atoms with Gasteiger partial charge in [-0.25, -0.2) is 0 Å². The lowest BCUT2D eigenvalue weighted by molar-refractivity contribution is 0.412. The van der Waals surface area contributed by atoms with E-state index in [0.717, 1.165) is 34.3 Å². The van der Waals surface area contributed by atoms with Gasteiger partial charge in [0.2, 0.25) is 0 Å². The molecule has 94 valence electrons. The van der Waals surface area contributed by atoms with Crippen molar-refractivity contribution in [3.63, 3.8) is 0 Å². The SMILES string of the molecule is COc1cc(N2CCC(CN)C2)c(Br)cc1Br. The Hall–Kier alpha value is -0.260. The smallest absolute Gasteiger partial charge is 0.135 e. The molecule has 0 spiro atoms. The van der Waals surface area contributed by atoms with Gasteiger partial charge in [-0.1, -0.05) is 0 Å². The topological polar surface area (TPSA) is 38.5 Å². The van der Waals surface area contributed by atoms with Gasteiger partial charge in [-0.05, 0) is 56.8 Å². The zero-order chi connectivity index (χ0) is 12.4. The van der Waals surface area contributed by atoms with Crippen LogP contribution in [0.5, 0.6) is 5.75 Å². The first-order valence-corrected chi connectivity index (χ1v) is 7.22. The number of rotatable bonds is 3. The number of nitrogens with zero attached hydrogens (tertiary/aromatic N) is 1. The molecule has 0 radical (unpaired) electrons. The molecule has 1 atom stereocenters. The van der Waals surface area contributed by atoms with Crippen molar-refractivity contribution in [2.24, 2.45) is 11.7 Å². The number of halogens is 2. The van der Waals surface area contributed by atoms with Crippen molar-refractivity contribution in [2.75, 3.05) is 31.6 Å². The molecule has 17 heavy (non-hydrogen) atoms. The van der Waals surface area contributed by atoms with Gasteiger partial charge in [0.25, 0.3) is 0 Å². The largest absolute Gasteiger partial charge is 0.495 e. The van der Waals surface area contributed by atoms with E-state index in [1.807, 2.05) is 6.07 Å². The van der Waals surface area contributed by atoms with Crippen LogP contribution in [0.15, 0.2) is 21.1 Å². The number of hydrogen-bond acceptors (Lipinski definition) is 3. The highest BCUT2D eigenvalue weighted by molar-refractivity contribution is 9.11. The number of methoxy groups -OCH3 is 1. The molecular formula is C12H16Br2N2O. The predicted octanol–water partition coefficient (Wildman–Crippen LogP) is 3.01. The molecule has 0 aliphatic carbocycles. The van der Waals surface area contributed by atoms with Gasteiger partial charge in [0.1, 0.15) is 5.75 Å². The summed E-state index contributed by atoms with van der Waals surface area (Å²) in [5.41, 5.74) is 6.90. The van der Waals surface area contributed by atoms with E-state index in [4.69, 9.17) is 10.5 Å². The maximum absolute atomic E-state index is 5.72. The molecule has 1 saturated heterocycles. The molecule has 2 N–H and O–H groups in total. The molecule has 1 aromatic carbocycles. The van der Waals surface area contributed by atoms with Gasteiger partial charge < -0.3 is 15.4 Å². The Morgan fingerprint density at radius 2 is 2.18 bits per heavy atom. The highest BCUT2D eigenvalue weighted by atomic mass is 79.9. The van der Waals surface area contributed by atoms with E-state index < -0.39 is 0 Å². The molecule has 0 amide bonds. The van der Waals surface area contributed by atoms with Gasteiger partial charge in [-0.15, -0.1) is 0 Å². The second-order valence-electron chi connectivity index (χ2n) is 4.27. The van der Waals surface area contributed by atoms with Crippen LogP contribution in [0.4, 0.5) is 5.69 Å². The van der Waals surface area contributed by atoms with Crippen molar-refractivity contribution < 1.29 is 4.74 Å². The van der Waals surface area contributed by atoms with Crippen molar-refractivity contribution in [2.45, 2.75) is 6.42 Å². The summed E-state index contributed by atoms with van der Waals surface area (Å²) < 4.78 is 7.38. The second kappa shape index (κ2) is 5.59. The van der Waals surface area contributed by atoms with Gasteiger partial charge in [-0.3, -0.25) is 0 Å². The number of hydrogen-bond donors (Lipinski definition) is 1. The number of benzene rings is 1. The normalized spacial score (nSPS) is 19.8. The molecule has 0 saturated carbocycles. The zero-order valence-corrected chi connectivity index (χ0v) is 12.9. The van der Waals surface area contributed by atoms with Crippen LogP contribution in [0.25, 0.3) is 0 Å². The average Bonchev–Trinajstić information content (AvgIpc) is 2.78. The summed E-state index contributed by atoms with van der Waals surface area (Å²) in [5.74, 6) is 1.47. The minimum absolute atomic E-state index is 0.608. The summed E-state index contributed by atoms with van der Waals surface area (Å²) in [7, 11) is 1.68. The third kappa shape index (κ3) is 2.77. The van der Waals surface area contributed by atoms with Crippen LogP contribution in [-0.4, -0.2) is 26.7 Å². The molecule has 1 fully saturated rings. The highest BCUT2D eigenvalue weighted by Crippen LogP contribution is 2.38. The average molecular weight is 364 g/mol. The molecule has 2 rings (SSSR count). The number of ether oxygens (including phenoxy) is 1. The summed E-state index contributed by atoms with van der Waals surface area (Å²) in [6, 6.07) is 4.09. The second-order valence-corrected chi connectivity index (χ2v) is 5.98. The van der Waals surface area contributed by atoms with Crippen LogP contribution < -0.4 is 15.4 Å². The van der Waals surface area contributed by atoms with Gasteiger partial charge >= 0.3 is 0 Å². The van der Waals surface area contributed by atoms with Crippen LogP contribution in [-0.2, 0) is 0 Å². The third-order valence-electron chi connectivity index (χ3n) is 3.18. The first-order chi connectivity index (χ1) is 8.15.